The van der Waals surface area contributed by atoms with Crippen LogP contribution >= 0.6 is 0 Å². The van der Waals surface area contributed by atoms with Gasteiger partial charge in [0.15, 0.2) is 5.65 Å². The van der Waals surface area contributed by atoms with Crippen LogP contribution in [0.15, 0.2) is 30.5 Å². The number of fused-ring (bicyclic) bond motifs is 2. The number of aliphatic carboxylic acids is 1. The monoisotopic (exact) mass is 476 g/mol. The quantitative estimate of drug-likeness (QED) is 0.400. The largest absolute Gasteiger partial charge is 0.481 e. The second-order valence-corrected chi connectivity index (χ2v) is 10.4. The molecule has 0 spiro atoms. The van der Waals surface area contributed by atoms with Gasteiger partial charge in [-0.25, -0.2) is 9.37 Å². The molecule has 4 heterocycles. The molecule has 2 N–H and O–H groups in total. The number of carboxylic acid groups (broad SMARTS) is 1. The number of aryl methyl sites for hydroxylation is 1. The number of hydrogen-bond acceptors (Lipinski definition) is 4. The number of pyridine rings is 1. The molecule has 2 atom stereocenters. The van der Waals surface area contributed by atoms with Crippen LogP contribution < -0.4 is 0 Å². The highest BCUT2D eigenvalue weighted by Crippen LogP contribution is 2.51. The van der Waals surface area contributed by atoms with Crippen molar-refractivity contribution in [1.29, 1.82) is 0 Å². The van der Waals surface area contributed by atoms with Crippen LogP contribution in [0.25, 0.3) is 27.8 Å². The van der Waals surface area contributed by atoms with Gasteiger partial charge in [-0.1, -0.05) is 0 Å². The summed E-state index contributed by atoms with van der Waals surface area (Å²) in [6, 6.07) is 7.32. The lowest BCUT2D eigenvalue weighted by Crippen LogP contribution is -2.24. The molecule has 2 aliphatic rings. The molecule has 2 fully saturated rings. The van der Waals surface area contributed by atoms with Gasteiger partial charge in [-0.05, 0) is 81.7 Å². The zero-order chi connectivity index (χ0) is 24.3. The maximum Gasteiger partial charge on any atom is 0.309 e. The van der Waals surface area contributed by atoms with Crippen LogP contribution in [0.5, 0.6) is 0 Å². The van der Waals surface area contributed by atoms with Crippen molar-refractivity contribution in [2.24, 2.45) is 5.41 Å². The average Bonchev–Trinajstić information content (AvgIpc) is 3.55. The molecular weight excluding hydrogens is 447 g/mol. The van der Waals surface area contributed by atoms with Crippen molar-refractivity contribution in [3.8, 4) is 5.69 Å². The molecule has 0 amide bonds. The Morgan fingerprint density at radius 2 is 2.03 bits per heavy atom. The average molecular weight is 477 g/mol. The van der Waals surface area contributed by atoms with Crippen LogP contribution in [0.2, 0.25) is 0 Å². The summed E-state index contributed by atoms with van der Waals surface area (Å²) in [4.78, 5) is 17.1. The fraction of sp³-hybridized carbons (Fsp3) is 0.444. The van der Waals surface area contributed by atoms with Crippen LogP contribution in [0.1, 0.15) is 67.7 Å². The molecule has 7 nitrogen and oxygen atoms in total. The Labute approximate surface area is 202 Å². The third kappa shape index (κ3) is 3.54. The highest BCUT2D eigenvalue weighted by atomic mass is 19.1. The molecule has 0 bridgehead atoms. The van der Waals surface area contributed by atoms with Gasteiger partial charge in [0.1, 0.15) is 5.82 Å². The van der Waals surface area contributed by atoms with Gasteiger partial charge in [0, 0.05) is 41.5 Å². The fourth-order valence-corrected chi connectivity index (χ4v) is 6.11. The normalized spacial score (nSPS) is 23.5. The minimum Gasteiger partial charge on any atom is -0.481 e. The maximum atomic E-state index is 14.3. The van der Waals surface area contributed by atoms with E-state index in [-0.39, 0.29) is 17.7 Å². The maximum absolute atomic E-state index is 14.3. The number of aromatic amines is 1. The van der Waals surface area contributed by atoms with Crippen LogP contribution in [-0.2, 0) is 9.53 Å². The lowest BCUT2D eigenvalue weighted by Gasteiger charge is -2.27. The van der Waals surface area contributed by atoms with Gasteiger partial charge < -0.3 is 14.4 Å². The Kier molecular flexibility index (Phi) is 5.18. The first-order valence-corrected chi connectivity index (χ1v) is 12.3. The van der Waals surface area contributed by atoms with E-state index < -0.39 is 11.4 Å². The second-order valence-electron chi connectivity index (χ2n) is 10.4. The molecule has 0 radical (unpaired) electrons. The number of nitrogens with one attached hydrogen (secondary N) is 1. The number of carboxylic acids is 1. The van der Waals surface area contributed by atoms with E-state index in [1.54, 1.807) is 13.1 Å². The number of ether oxygens (including phenoxy) is 1. The summed E-state index contributed by atoms with van der Waals surface area (Å²) < 4.78 is 22.2. The van der Waals surface area contributed by atoms with Gasteiger partial charge in [0.25, 0.3) is 0 Å². The van der Waals surface area contributed by atoms with Gasteiger partial charge in [-0.3, -0.25) is 9.89 Å². The van der Waals surface area contributed by atoms with E-state index in [1.807, 2.05) is 19.1 Å². The van der Waals surface area contributed by atoms with Crippen molar-refractivity contribution in [2.45, 2.75) is 57.8 Å². The van der Waals surface area contributed by atoms with Crippen molar-refractivity contribution in [2.75, 3.05) is 13.2 Å². The molecule has 1 saturated heterocycles. The number of rotatable bonds is 4. The van der Waals surface area contributed by atoms with Crippen LogP contribution in [0.4, 0.5) is 4.39 Å². The number of nitrogens with zero attached hydrogens (tertiary/aromatic N) is 3. The molecule has 8 heteroatoms. The summed E-state index contributed by atoms with van der Waals surface area (Å²) in [6.07, 6.45) is 5.53. The van der Waals surface area contributed by atoms with Crippen molar-refractivity contribution < 1.29 is 19.0 Å². The first-order valence-electron chi connectivity index (χ1n) is 12.3. The Morgan fingerprint density at radius 3 is 2.74 bits per heavy atom. The molecule has 1 aliphatic heterocycles. The fourth-order valence-electron chi connectivity index (χ4n) is 6.11. The van der Waals surface area contributed by atoms with Crippen molar-refractivity contribution in [3.05, 3.63) is 53.1 Å². The van der Waals surface area contributed by atoms with Crippen molar-refractivity contribution >= 4 is 28.0 Å². The molecule has 35 heavy (non-hydrogen) atoms. The molecule has 0 unspecified atom stereocenters. The summed E-state index contributed by atoms with van der Waals surface area (Å²) in [5.74, 6) is -0.658. The summed E-state index contributed by atoms with van der Waals surface area (Å²) in [6.45, 7) is 5.00. The Bertz CT molecular complexity index is 1450. The number of benzene rings is 1. The Hall–Kier alpha value is -3.26. The predicted octanol–water partition coefficient (Wildman–Crippen LogP) is 5.60. The number of carbonyl (C=O) groups is 1. The summed E-state index contributed by atoms with van der Waals surface area (Å²) in [5, 5.41) is 18.0. The van der Waals surface area contributed by atoms with Crippen LogP contribution in [0, 0.1) is 18.2 Å². The van der Waals surface area contributed by atoms with Crippen molar-refractivity contribution in [3.63, 3.8) is 0 Å². The van der Waals surface area contributed by atoms with E-state index in [4.69, 9.17) is 9.72 Å². The lowest BCUT2D eigenvalue weighted by atomic mass is 9.84. The third-order valence-corrected chi connectivity index (χ3v) is 8.09. The number of aromatic nitrogens is 4. The van der Waals surface area contributed by atoms with Gasteiger partial charge >= 0.3 is 5.97 Å². The van der Waals surface area contributed by atoms with E-state index in [2.05, 4.69) is 20.8 Å². The topological polar surface area (TPSA) is 93.0 Å². The molecule has 3 aromatic heterocycles. The minimum absolute atomic E-state index is 0.0760. The van der Waals surface area contributed by atoms with E-state index in [0.717, 1.165) is 46.9 Å². The first kappa shape index (κ1) is 22.2. The Morgan fingerprint density at radius 1 is 1.23 bits per heavy atom. The van der Waals surface area contributed by atoms with E-state index in [9.17, 15) is 14.3 Å². The first-order chi connectivity index (χ1) is 16.9. The zero-order valence-electron chi connectivity index (χ0n) is 20.0. The van der Waals surface area contributed by atoms with Crippen LogP contribution in [-0.4, -0.2) is 44.0 Å². The second kappa shape index (κ2) is 8.16. The standard InChI is InChI=1S/C27H29FN4O3/c1-15-11-19(3-4-20(15)28)32-21-12-18-14-29-31-25(18)30-23(21)22(24(32)16-6-9-35-10-7-16)17-5-8-27(2,13-17)26(33)34/h3-4,11-12,14,16-17H,5-10,13H2,1-2H3,(H,33,34)(H,29,30,31)/t17-,27-/m1/s1. The summed E-state index contributed by atoms with van der Waals surface area (Å²) >= 11 is 0. The molecule has 1 saturated carbocycles. The minimum atomic E-state index is -0.753. The van der Waals surface area contributed by atoms with Crippen LogP contribution in [0.3, 0.4) is 0 Å². The zero-order valence-corrected chi connectivity index (χ0v) is 20.0. The summed E-state index contributed by atoms with van der Waals surface area (Å²) in [7, 11) is 0. The van der Waals surface area contributed by atoms with Gasteiger partial charge in [0.2, 0.25) is 0 Å². The smallest absolute Gasteiger partial charge is 0.309 e. The lowest BCUT2D eigenvalue weighted by molar-refractivity contribution is -0.147. The van der Waals surface area contributed by atoms with Crippen molar-refractivity contribution in [1.82, 2.24) is 19.7 Å². The number of hydrogen-bond donors (Lipinski definition) is 2. The Balaban J connectivity index is 1.67. The van der Waals surface area contributed by atoms with E-state index in [1.165, 1.54) is 11.8 Å². The molecular formula is C27H29FN4O3. The summed E-state index contributed by atoms with van der Waals surface area (Å²) in [5.41, 5.74) is 5.57. The SMILES string of the molecule is Cc1cc(-n2c(C3CCOCC3)c([C@@H]3CC[C@@](C)(C(=O)O)C3)c3nc4[nH]ncc4cc32)ccc1F. The predicted molar refractivity (Wildman–Crippen MR) is 131 cm³/mol. The van der Waals surface area contributed by atoms with E-state index >= 15 is 0 Å². The molecule has 1 aromatic carbocycles. The highest BCUT2D eigenvalue weighted by Gasteiger charge is 2.44. The molecule has 1 aliphatic carbocycles. The van der Waals surface area contributed by atoms with Gasteiger partial charge in [0.05, 0.1) is 22.6 Å². The molecule has 6 rings (SSSR count). The highest BCUT2D eigenvalue weighted by molar-refractivity contribution is 5.94. The number of halogens is 1. The van der Waals surface area contributed by atoms with Gasteiger partial charge in [-0.2, -0.15) is 5.10 Å². The van der Waals surface area contributed by atoms with E-state index in [0.29, 0.717) is 37.3 Å². The number of H-pyrrole nitrogens is 1. The van der Waals surface area contributed by atoms with Gasteiger partial charge in [-0.15, -0.1) is 0 Å². The molecule has 4 aromatic rings. The molecule has 182 valence electrons. The third-order valence-electron chi connectivity index (χ3n) is 8.09.